The number of carbonyl (C=O) groups is 2. The first-order valence-electron chi connectivity index (χ1n) is 12.2. The van der Waals surface area contributed by atoms with E-state index in [4.69, 9.17) is 21.9 Å². The smallest absolute Gasteiger partial charge is 0.248 e. The van der Waals surface area contributed by atoms with E-state index in [1.54, 1.807) is 7.11 Å². The topological polar surface area (TPSA) is 146 Å². The number of hydrogen-bond acceptors (Lipinski definition) is 5. The van der Waals surface area contributed by atoms with Crippen molar-refractivity contribution in [3.63, 3.8) is 0 Å². The molecule has 1 unspecified atom stereocenters. The predicted octanol–water partition coefficient (Wildman–Crippen LogP) is 3.02. The monoisotopic (exact) mass is 501 g/mol. The number of carbonyl (C=O) groups excluding carboxylic acids is 2. The molecule has 194 valence electrons. The molecule has 37 heavy (non-hydrogen) atoms. The van der Waals surface area contributed by atoms with Crippen molar-refractivity contribution in [2.45, 2.75) is 37.3 Å². The first kappa shape index (κ1) is 27.4. The molecule has 0 aliphatic carbocycles. The highest BCUT2D eigenvalue weighted by Crippen LogP contribution is 2.31. The van der Waals surface area contributed by atoms with Crippen LogP contribution >= 0.6 is 0 Å². The molecular formula is C29H35N5O3. The first-order chi connectivity index (χ1) is 17.8. The van der Waals surface area contributed by atoms with Gasteiger partial charge in [-0.3, -0.25) is 14.6 Å². The maximum atomic E-state index is 14.2. The number of hydrogen-bond donors (Lipinski definition) is 4. The third-order valence-electron chi connectivity index (χ3n) is 6.36. The highest BCUT2D eigenvalue weighted by Gasteiger charge is 2.45. The lowest BCUT2D eigenvalue weighted by Crippen LogP contribution is -2.61. The second-order valence-electron chi connectivity index (χ2n) is 8.97. The maximum Gasteiger partial charge on any atom is 0.248 e. The largest absolute Gasteiger partial charge is 0.497 e. The maximum absolute atomic E-state index is 14.2. The number of nitrogens with one attached hydrogen (secondary N) is 1. The third kappa shape index (κ3) is 6.95. The van der Waals surface area contributed by atoms with Gasteiger partial charge in [-0.25, -0.2) is 0 Å². The number of ketones is 1. The van der Waals surface area contributed by atoms with E-state index in [1.807, 2.05) is 91.9 Å². The van der Waals surface area contributed by atoms with Gasteiger partial charge < -0.3 is 27.3 Å². The molecule has 7 N–H and O–H groups in total. The van der Waals surface area contributed by atoms with Crippen LogP contribution in [0.1, 0.15) is 48.4 Å². The van der Waals surface area contributed by atoms with Gasteiger partial charge in [0.2, 0.25) is 5.91 Å². The van der Waals surface area contributed by atoms with E-state index in [2.05, 4.69) is 10.3 Å². The summed E-state index contributed by atoms with van der Waals surface area (Å²) >= 11 is 0. The number of nitrogens with zero attached hydrogens (tertiary/aromatic N) is 1. The quantitative estimate of drug-likeness (QED) is 0.130. The summed E-state index contributed by atoms with van der Waals surface area (Å²) in [5.41, 5.74) is 18.2. The number of nitrogens with two attached hydrogens (primary N) is 3. The number of ether oxygens (including phenoxy) is 1. The normalized spacial score (nSPS) is 13.3. The molecule has 1 amide bonds. The Labute approximate surface area is 217 Å². The molecule has 0 bridgehead atoms. The number of Topliss-reactive ketones (excluding diaryl/α,β-unsaturated/α-hetero) is 1. The molecule has 0 saturated heterocycles. The number of benzene rings is 3. The summed E-state index contributed by atoms with van der Waals surface area (Å²) in [6, 6.07) is 25.6. The van der Waals surface area contributed by atoms with Crippen molar-refractivity contribution >= 4 is 17.6 Å². The van der Waals surface area contributed by atoms with Crippen molar-refractivity contribution < 1.29 is 14.3 Å². The number of rotatable bonds is 12. The van der Waals surface area contributed by atoms with E-state index in [9.17, 15) is 9.59 Å². The van der Waals surface area contributed by atoms with Gasteiger partial charge in [0, 0.05) is 6.54 Å². The Morgan fingerprint density at radius 3 is 1.92 bits per heavy atom. The third-order valence-corrected chi connectivity index (χ3v) is 6.36. The van der Waals surface area contributed by atoms with Gasteiger partial charge in [-0.2, -0.15) is 0 Å². The summed E-state index contributed by atoms with van der Waals surface area (Å²) in [5.74, 6) is -1.02. The van der Waals surface area contributed by atoms with Crippen molar-refractivity contribution in [2.24, 2.45) is 22.2 Å². The summed E-state index contributed by atoms with van der Waals surface area (Å²) in [4.78, 5) is 32.0. The summed E-state index contributed by atoms with van der Waals surface area (Å²) in [7, 11) is 1.59. The van der Waals surface area contributed by atoms with Crippen molar-refractivity contribution in [1.82, 2.24) is 5.32 Å². The zero-order valence-electron chi connectivity index (χ0n) is 21.3. The Bertz CT molecular complexity index is 1160. The van der Waals surface area contributed by atoms with Gasteiger partial charge in [-0.15, -0.1) is 0 Å². The van der Waals surface area contributed by atoms with Gasteiger partial charge in [0.05, 0.1) is 19.1 Å². The molecule has 8 nitrogen and oxygen atoms in total. The van der Waals surface area contributed by atoms with Crippen molar-refractivity contribution in [3.8, 4) is 5.75 Å². The van der Waals surface area contributed by atoms with Crippen LogP contribution in [-0.4, -0.2) is 36.8 Å². The number of methoxy groups -OCH3 is 1. The Balaban J connectivity index is 1.96. The lowest BCUT2D eigenvalue weighted by Gasteiger charge is -2.32. The lowest BCUT2D eigenvalue weighted by molar-refractivity contribution is -0.137. The van der Waals surface area contributed by atoms with E-state index in [0.717, 1.165) is 16.7 Å². The van der Waals surface area contributed by atoms with E-state index < -0.39 is 29.2 Å². The molecule has 3 rings (SSSR count). The zero-order valence-corrected chi connectivity index (χ0v) is 21.3. The van der Waals surface area contributed by atoms with Crippen LogP contribution in [0.5, 0.6) is 5.75 Å². The fraction of sp³-hybridized carbons (Fsp3) is 0.276. The number of aliphatic imine (C=N–C) groups is 1. The van der Waals surface area contributed by atoms with E-state index in [0.29, 0.717) is 12.2 Å². The fourth-order valence-electron chi connectivity index (χ4n) is 4.26. The molecule has 0 saturated carbocycles. The molecule has 0 aromatic heterocycles. The van der Waals surface area contributed by atoms with Crippen LogP contribution in [0.3, 0.4) is 0 Å². The Morgan fingerprint density at radius 2 is 1.43 bits per heavy atom. The summed E-state index contributed by atoms with van der Waals surface area (Å²) in [6.45, 7) is 2.09. The summed E-state index contributed by atoms with van der Waals surface area (Å²) < 4.78 is 5.22. The van der Waals surface area contributed by atoms with Gasteiger partial charge in [0.1, 0.15) is 5.75 Å². The van der Waals surface area contributed by atoms with Gasteiger partial charge in [0.25, 0.3) is 0 Å². The molecule has 0 aliphatic rings. The highest BCUT2D eigenvalue weighted by atomic mass is 16.5. The van der Waals surface area contributed by atoms with Crippen LogP contribution in [0.25, 0.3) is 0 Å². The van der Waals surface area contributed by atoms with E-state index >= 15 is 0 Å². The summed E-state index contributed by atoms with van der Waals surface area (Å²) in [5, 5.41) is 2.95. The van der Waals surface area contributed by atoms with Crippen molar-refractivity contribution in [1.29, 1.82) is 0 Å². The van der Waals surface area contributed by atoms with Crippen LogP contribution < -0.4 is 27.3 Å². The van der Waals surface area contributed by atoms with Crippen LogP contribution in [0.2, 0.25) is 0 Å². The Kier molecular flexibility index (Phi) is 9.40. The van der Waals surface area contributed by atoms with Crippen LogP contribution in [0.4, 0.5) is 0 Å². The minimum Gasteiger partial charge on any atom is -0.497 e. The zero-order chi connectivity index (χ0) is 26.8. The predicted molar refractivity (Wildman–Crippen MR) is 146 cm³/mol. The molecule has 0 spiro atoms. The molecule has 3 aromatic carbocycles. The average molecular weight is 502 g/mol. The Hall–Kier alpha value is -4.17. The first-order valence-corrected chi connectivity index (χ1v) is 12.2. The molecule has 2 atom stereocenters. The lowest BCUT2D eigenvalue weighted by atomic mass is 9.76. The molecule has 0 fully saturated rings. The highest BCUT2D eigenvalue weighted by molar-refractivity contribution is 6.14. The fourth-order valence-corrected chi connectivity index (χ4v) is 4.26. The van der Waals surface area contributed by atoms with Crippen molar-refractivity contribution in [2.75, 3.05) is 13.7 Å². The molecule has 0 heterocycles. The van der Waals surface area contributed by atoms with Gasteiger partial charge >= 0.3 is 0 Å². The molecule has 0 aliphatic heterocycles. The van der Waals surface area contributed by atoms with Crippen LogP contribution in [0.15, 0.2) is 89.9 Å². The molecular weight excluding hydrogens is 466 g/mol. The van der Waals surface area contributed by atoms with Gasteiger partial charge in [-0.1, -0.05) is 72.8 Å². The van der Waals surface area contributed by atoms with Gasteiger partial charge in [0.15, 0.2) is 17.3 Å². The van der Waals surface area contributed by atoms with E-state index in [-0.39, 0.29) is 18.9 Å². The average Bonchev–Trinajstić information content (AvgIpc) is 2.92. The van der Waals surface area contributed by atoms with E-state index in [1.165, 1.54) is 0 Å². The Morgan fingerprint density at radius 1 is 0.892 bits per heavy atom. The van der Waals surface area contributed by atoms with Crippen LogP contribution in [0, 0.1) is 0 Å². The van der Waals surface area contributed by atoms with Crippen LogP contribution in [-0.2, 0) is 9.59 Å². The minimum atomic E-state index is -1.82. The SMILES string of the molecule is COc1ccc(C(C)NC(=O)[C@](N)(CCCN=C(N)N)C(=O)C(c2ccccc2)c2ccccc2)cc1. The minimum absolute atomic E-state index is 0.0574. The number of guanidine groups is 1. The second-order valence-corrected chi connectivity index (χ2v) is 8.97. The molecule has 3 aromatic rings. The van der Waals surface area contributed by atoms with Gasteiger partial charge in [-0.05, 0) is 48.6 Å². The second kappa shape index (κ2) is 12.7. The van der Waals surface area contributed by atoms with Crippen molar-refractivity contribution in [3.05, 3.63) is 102 Å². The molecule has 8 heteroatoms. The number of amides is 1. The standard InChI is InChI=1S/C29H35N5O3/c1-20(21-14-16-24(37-2)17-15-21)34-27(36)29(32,18-9-19-33-28(30)31)26(35)25(22-10-5-3-6-11-22)23-12-7-4-8-13-23/h3-8,10-17,20,25H,9,18-19,32H2,1-2H3,(H,34,36)(H4,30,31,33)/t20?,29-/m0/s1. The summed E-state index contributed by atoms with van der Waals surface area (Å²) in [6.07, 6.45) is 0.417. The molecule has 0 radical (unpaired) electrons.